The van der Waals surface area contributed by atoms with Crippen LogP contribution in [0.15, 0.2) is 48.5 Å². The molecule has 2 amide bonds. The first-order valence-electron chi connectivity index (χ1n) is 10.9. The molecule has 2 aromatic carbocycles. The quantitative estimate of drug-likeness (QED) is 0.516. The van der Waals surface area contributed by atoms with Crippen LogP contribution in [0.3, 0.4) is 0 Å². The molecule has 0 heterocycles. The van der Waals surface area contributed by atoms with Gasteiger partial charge >= 0.3 is 0 Å². The number of nitrogens with one attached hydrogen (secondary N) is 1. The number of anilines is 1. The van der Waals surface area contributed by atoms with Crippen molar-refractivity contribution in [1.29, 1.82) is 0 Å². The average Bonchev–Trinajstić information content (AvgIpc) is 2.77. The summed E-state index contributed by atoms with van der Waals surface area (Å²) in [4.78, 5) is 27.3. The normalized spacial score (nSPS) is 12.2. The summed E-state index contributed by atoms with van der Waals surface area (Å²) in [5.74, 6) is -0.420. The van der Waals surface area contributed by atoms with Gasteiger partial charge in [-0.25, -0.2) is 8.42 Å². The summed E-state index contributed by atoms with van der Waals surface area (Å²) in [5.41, 5.74) is 2.49. The number of likely N-dealkylation sites (N-methyl/N-ethyl adjacent to an activating group) is 1. The molecule has 0 aliphatic carbocycles. The molecule has 2 rings (SSSR count). The van der Waals surface area contributed by atoms with Crippen molar-refractivity contribution in [3.8, 4) is 0 Å². The number of carbonyl (C=O) groups is 2. The van der Waals surface area contributed by atoms with Gasteiger partial charge in [-0.05, 0) is 55.2 Å². The number of benzene rings is 2. The van der Waals surface area contributed by atoms with E-state index in [0.29, 0.717) is 30.1 Å². The number of aryl methyl sites for hydroxylation is 1. The Morgan fingerprint density at radius 3 is 2.27 bits per heavy atom. The number of nitrogens with zero attached hydrogens (tertiary/aromatic N) is 2. The Hall–Kier alpha value is -2.58. The smallest absolute Gasteiger partial charge is 0.242 e. The van der Waals surface area contributed by atoms with Gasteiger partial charge in [0.15, 0.2) is 0 Å². The molecule has 1 atom stereocenters. The van der Waals surface area contributed by atoms with Crippen molar-refractivity contribution in [1.82, 2.24) is 10.2 Å². The number of amides is 2. The van der Waals surface area contributed by atoms with Crippen LogP contribution in [0.2, 0.25) is 5.02 Å². The highest BCUT2D eigenvalue weighted by atomic mass is 35.5. The van der Waals surface area contributed by atoms with Gasteiger partial charge in [-0.3, -0.25) is 13.9 Å². The minimum atomic E-state index is -3.54. The molecular formula is C24H32ClN3O4S. The Morgan fingerprint density at radius 1 is 1.09 bits per heavy atom. The molecule has 0 fully saturated rings. The van der Waals surface area contributed by atoms with E-state index in [9.17, 15) is 18.0 Å². The van der Waals surface area contributed by atoms with Gasteiger partial charge in [0.25, 0.3) is 0 Å². The van der Waals surface area contributed by atoms with Crippen molar-refractivity contribution in [2.24, 2.45) is 0 Å². The first-order valence-corrected chi connectivity index (χ1v) is 13.1. The summed E-state index contributed by atoms with van der Waals surface area (Å²) >= 11 is 5.92. The van der Waals surface area contributed by atoms with Crippen LogP contribution >= 0.6 is 11.6 Å². The van der Waals surface area contributed by atoms with E-state index in [4.69, 9.17) is 11.6 Å². The Morgan fingerprint density at radius 2 is 1.73 bits per heavy atom. The van der Waals surface area contributed by atoms with Gasteiger partial charge < -0.3 is 10.2 Å². The third-order valence-electron chi connectivity index (χ3n) is 5.50. The van der Waals surface area contributed by atoms with E-state index in [0.717, 1.165) is 17.4 Å². The lowest BCUT2D eigenvalue weighted by Crippen LogP contribution is -2.48. The molecule has 0 spiro atoms. The van der Waals surface area contributed by atoms with Crippen molar-refractivity contribution in [3.63, 3.8) is 0 Å². The number of hydrogen-bond acceptors (Lipinski definition) is 4. The molecule has 7 nitrogen and oxygen atoms in total. The second kappa shape index (κ2) is 12.0. The first kappa shape index (κ1) is 26.7. The molecule has 180 valence electrons. The van der Waals surface area contributed by atoms with Crippen LogP contribution in [0.25, 0.3) is 0 Å². The number of rotatable bonds is 11. The third kappa shape index (κ3) is 7.47. The highest BCUT2D eigenvalue weighted by Gasteiger charge is 2.28. The SMILES string of the molecule is CCC(C(=O)NC)N(Cc1ccccc1C)C(=O)CCCN(c1ccc(Cl)cc1)S(C)(=O)=O. The number of hydrogen-bond donors (Lipinski definition) is 1. The molecule has 0 saturated heterocycles. The first-order chi connectivity index (χ1) is 15.6. The van der Waals surface area contributed by atoms with Crippen LogP contribution in [0.5, 0.6) is 0 Å². The van der Waals surface area contributed by atoms with E-state index < -0.39 is 16.1 Å². The molecule has 0 aromatic heterocycles. The molecule has 1 unspecified atom stereocenters. The minimum Gasteiger partial charge on any atom is -0.357 e. The van der Waals surface area contributed by atoms with E-state index in [1.807, 2.05) is 38.1 Å². The van der Waals surface area contributed by atoms with Gasteiger partial charge in [0.1, 0.15) is 6.04 Å². The molecule has 33 heavy (non-hydrogen) atoms. The van der Waals surface area contributed by atoms with Crippen molar-refractivity contribution < 1.29 is 18.0 Å². The van der Waals surface area contributed by atoms with Crippen LogP contribution in [0.1, 0.15) is 37.3 Å². The Balaban J connectivity index is 2.19. The monoisotopic (exact) mass is 493 g/mol. The summed E-state index contributed by atoms with van der Waals surface area (Å²) in [5, 5.41) is 3.15. The Bertz CT molecular complexity index is 1060. The van der Waals surface area contributed by atoms with Crippen LogP contribution in [0.4, 0.5) is 5.69 Å². The molecule has 1 N–H and O–H groups in total. The Kier molecular flexibility index (Phi) is 9.73. The maximum atomic E-state index is 13.3. The molecular weight excluding hydrogens is 462 g/mol. The van der Waals surface area contributed by atoms with Gasteiger partial charge in [0, 0.05) is 31.6 Å². The summed E-state index contributed by atoms with van der Waals surface area (Å²) < 4.78 is 25.9. The van der Waals surface area contributed by atoms with Gasteiger partial charge in [-0.1, -0.05) is 42.8 Å². The summed E-state index contributed by atoms with van der Waals surface area (Å²) in [6.07, 6.45) is 2.02. The number of sulfonamides is 1. The van der Waals surface area contributed by atoms with E-state index in [-0.39, 0.29) is 24.8 Å². The van der Waals surface area contributed by atoms with Gasteiger partial charge in [-0.2, -0.15) is 0 Å². The standard InChI is InChI=1S/C24H32ClN3O4S/c1-5-22(24(30)26-3)27(17-19-10-7-6-9-18(19)2)23(29)11-8-16-28(33(4,31)32)21-14-12-20(25)13-15-21/h6-7,9-10,12-15,22H,5,8,11,16-17H2,1-4H3,(H,26,30). The lowest BCUT2D eigenvalue weighted by molar-refractivity contribution is -0.141. The van der Waals surface area contributed by atoms with Gasteiger partial charge in [0.2, 0.25) is 21.8 Å². The molecule has 0 aliphatic rings. The molecule has 0 aliphatic heterocycles. The van der Waals surface area contributed by atoms with E-state index >= 15 is 0 Å². The van der Waals surface area contributed by atoms with Crippen molar-refractivity contribution >= 4 is 39.1 Å². The van der Waals surface area contributed by atoms with Crippen LogP contribution < -0.4 is 9.62 Å². The third-order valence-corrected chi connectivity index (χ3v) is 6.95. The molecule has 0 saturated carbocycles. The van der Waals surface area contributed by atoms with Crippen molar-refractivity contribution in [2.75, 3.05) is 24.2 Å². The zero-order chi connectivity index (χ0) is 24.6. The fraction of sp³-hybridized carbons (Fsp3) is 0.417. The summed E-state index contributed by atoms with van der Waals surface area (Å²) in [6.45, 7) is 4.28. The molecule has 0 bridgehead atoms. The van der Waals surface area contributed by atoms with Gasteiger partial charge in [0.05, 0.1) is 11.9 Å². The molecule has 2 aromatic rings. The van der Waals surface area contributed by atoms with Crippen LogP contribution in [-0.2, 0) is 26.2 Å². The summed E-state index contributed by atoms with van der Waals surface area (Å²) in [6, 6.07) is 13.7. The molecule has 0 radical (unpaired) electrons. The Labute approximate surface area is 201 Å². The maximum absolute atomic E-state index is 13.3. The predicted molar refractivity (Wildman–Crippen MR) is 133 cm³/mol. The number of carbonyl (C=O) groups excluding carboxylic acids is 2. The fourth-order valence-corrected chi connectivity index (χ4v) is 4.76. The maximum Gasteiger partial charge on any atom is 0.242 e. The van der Waals surface area contributed by atoms with E-state index in [2.05, 4.69) is 5.32 Å². The van der Waals surface area contributed by atoms with E-state index in [1.165, 1.54) is 4.31 Å². The van der Waals surface area contributed by atoms with Crippen molar-refractivity contribution in [2.45, 2.75) is 45.7 Å². The van der Waals surface area contributed by atoms with Crippen molar-refractivity contribution in [3.05, 3.63) is 64.7 Å². The van der Waals surface area contributed by atoms with Crippen LogP contribution in [0, 0.1) is 6.92 Å². The van der Waals surface area contributed by atoms with Gasteiger partial charge in [-0.15, -0.1) is 0 Å². The average molecular weight is 494 g/mol. The highest BCUT2D eigenvalue weighted by molar-refractivity contribution is 7.92. The van der Waals surface area contributed by atoms with E-state index in [1.54, 1.807) is 36.2 Å². The zero-order valence-corrected chi connectivity index (χ0v) is 21.1. The predicted octanol–water partition coefficient (Wildman–Crippen LogP) is 3.75. The lowest BCUT2D eigenvalue weighted by atomic mass is 10.1. The second-order valence-electron chi connectivity index (χ2n) is 7.90. The minimum absolute atomic E-state index is 0.110. The molecule has 9 heteroatoms. The topological polar surface area (TPSA) is 86.8 Å². The number of halogens is 1. The lowest BCUT2D eigenvalue weighted by Gasteiger charge is -2.31. The fourth-order valence-electron chi connectivity index (χ4n) is 3.67. The summed E-state index contributed by atoms with van der Waals surface area (Å²) in [7, 11) is -1.99. The second-order valence-corrected chi connectivity index (χ2v) is 10.2. The highest BCUT2D eigenvalue weighted by Crippen LogP contribution is 2.22. The van der Waals surface area contributed by atoms with Crippen LogP contribution in [-0.4, -0.2) is 51.0 Å². The zero-order valence-electron chi connectivity index (χ0n) is 19.5. The largest absolute Gasteiger partial charge is 0.357 e.